The molecule has 6 fully saturated rings. The van der Waals surface area contributed by atoms with E-state index in [1.165, 1.54) is 77.0 Å². The lowest BCUT2D eigenvalue weighted by Gasteiger charge is -2.63. The average Bonchev–Trinajstić information content (AvgIpc) is 3.19. The molecule has 0 N–H and O–H groups in total. The molecule has 7 aliphatic carbocycles. The maximum absolute atomic E-state index is 2.55. The van der Waals surface area contributed by atoms with E-state index in [1.807, 2.05) is 0 Å². The van der Waals surface area contributed by atoms with E-state index >= 15 is 0 Å². The number of fused-ring (bicyclic) bond motifs is 6. The summed E-state index contributed by atoms with van der Waals surface area (Å²) in [6.45, 7) is 0. The van der Waals surface area contributed by atoms with E-state index in [9.17, 15) is 0 Å². The first-order valence-electron chi connectivity index (χ1n) is 21.9. The standard InChI is InChI=1S/C50H64/c1-3-11-33(12-4-1)35-19-24-38(25-20-35)49-45-29-40-16-7-8-17-41(40)30-46(45)50(39-26-21-36(22-27-39)34-13-5-2-6-14-34)48-32-44-42(31-47(48)49)28-23-37-15-9-10-18-43(37)44/h1-8,11-14,16-17,35-39,42-50H,9-10,15,18-32H2. The van der Waals surface area contributed by atoms with Gasteiger partial charge >= 0.3 is 0 Å². The topological polar surface area (TPSA) is 0 Å². The Balaban J connectivity index is 0.997. The lowest BCUT2D eigenvalue weighted by molar-refractivity contribution is -0.139. The van der Waals surface area contributed by atoms with Crippen molar-refractivity contribution in [3.8, 4) is 0 Å². The summed E-state index contributed by atoms with van der Waals surface area (Å²) in [5, 5.41) is 0. The number of hydrogen-bond acceptors (Lipinski definition) is 0. The van der Waals surface area contributed by atoms with Gasteiger partial charge in [0, 0.05) is 0 Å². The monoisotopic (exact) mass is 665 g/mol. The van der Waals surface area contributed by atoms with Crippen molar-refractivity contribution in [1.82, 2.24) is 0 Å². The molecular weight excluding hydrogens is 601 g/mol. The number of rotatable bonds is 4. The maximum Gasteiger partial charge on any atom is -0.0162 e. The SMILES string of the molecule is c1ccc(C2CCC(C3C4Cc5ccccc5CC4C(C4CCC(c5ccccc5)CC4)C4CC5C(CCC6CCCCC65)CC43)CC2)cc1. The van der Waals surface area contributed by atoms with Crippen LogP contribution in [0.4, 0.5) is 0 Å². The Bertz CT molecular complexity index is 1560. The first-order valence-corrected chi connectivity index (χ1v) is 21.9. The summed E-state index contributed by atoms with van der Waals surface area (Å²) in [5.74, 6) is 13.5. The third kappa shape index (κ3) is 5.86. The minimum atomic E-state index is 0.791. The summed E-state index contributed by atoms with van der Waals surface area (Å²) in [7, 11) is 0. The molecule has 264 valence electrons. The Labute approximate surface area is 304 Å². The fourth-order valence-electron chi connectivity index (χ4n) is 15.5. The minimum Gasteiger partial charge on any atom is -0.0622 e. The fraction of sp³-hybridized carbons (Fsp3) is 0.640. The second-order valence-electron chi connectivity index (χ2n) is 19.2. The van der Waals surface area contributed by atoms with Gasteiger partial charge in [0.1, 0.15) is 0 Å². The molecule has 0 aromatic heterocycles. The van der Waals surface area contributed by atoms with Gasteiger partial charge in [0.25, 0.3) is 0 Å². The first-order chi connectivity index (χ1) is 24.8. The highest BCUT2D eigenvalue weighted by Gasteiger charge is 2.59. The van der Waals surface area contributed by atoms with Crippen molar-refractivity contribution in [3.05, 3.63) is 107 Å². The molecule has 3 aromatic rings. The molecule has 10 atom stereocenters. The molecule has 0 heteroatoms. The predicted octanol–water partition coefficient (Wildman–Crippen LogP) is 13.1. The molecule has 0 heterocycles. The van der Waals surface area contributed by atoms with Gasteiger partial charge in [-0.05, 0) is 201 Å². The smallest absolute Gasteiger partial charge is 0.0162 e. The number of hydrogen-bond donors (Lipinski definition) is 0. The van der Waals surface area contributed by atoms with Crippen LogP contribution >= 0.6 is 0 Å². The average molecular weight is 665 g/mol. The quantitative estimate of drug-likeness (QED) is 0.260. The molecule has 0 nitrogen and oxygen atoms in total. The van der Waals surface area contributed by atoms with E-state index in [0.29, 0.717) is 0 Å². The first kappa shape index (κ1) is 32.3. The van der Waals surface area contributed by atoms with Gasteiger partial charge in [-0.1, -0.05) is 104 Å². The van der Waals surface area contributed by atoms with E-state index in [0.717, 1.165) is 82.9 Å². The van der Waals surface area contributed by atoms with Gasteiger partial charge in [0.05, 0.1) is 0 Å². The second kappa shape index (κ2) is 13.9. The van der Waals surface area contributed by atoms with Crippen molar-refractivity contribution < 1.29 is 0 Å². The largest absolute Gasteiger partial charge is 0.0622 e. The zero-order valence-electron chi connectivity index (χ0n) is 30.9. The van der Waals surface area contributed by atoms with Crippen LogP contribution in [0.1, 0.15) is 137 Å². The molecule has 3 aromatic carbocycles. The van der Waals surface area contributed by atoms with Crippen LogP contribution in [0.2, 0.25) is 0 Å². The van der Waals surface area contributed by atoms with Gasteiger partial charge in [0.2, 0.25) is 0 Å². The molecule has 7 aliphatic rings. The predicted molar refractivity (Wildman–Crippen MR) is 208 cm³/mol. The molecule has 10 unspecified atom stereocenters. The van der Waals surface area contributed by atoms with Gasteiger partial charge < -0.3 is 0 Å². The normalized spacial score (nSPS) is 42.6. The number of benzene rings is 3. The molecule has 0 radical (unpaired) electrons. The summed E-state index contributed by atoms with van der Waals surface area (Å²) >= 11 is 0. The summed E-state index contributed by atoms with van der Waals surface area (Å²) < 4.78 is 0. The highest BCUT2D eigenvalue weighted by molar-refractivity contribution is 5.32. The van der Waals surface area contributed by atoms with Crippen molar-refractivity contribution in [1.29, 1.82) is 0 Å². The third-order valence-corrected chi connectivity index (χ3v) is 17.4. The Morgan fingerprint density at radius 2 is 0.780 bits per heavy atom. The Kier molecular flexibility index (Phi) is 8.98. The van der Waals surface area contributed by atoms with Crippen molar-refractivity contribution in [2.75, 3.05) is 0 Å². The molecule has 6 saturated carbocycles. The summed E-state index contributed by atoms with van der Waals surface area (Å²) in [6, 6.07) is 33.1. The van der Waals surface area contributed by atoms with E-state index < -0.39 is 0 Å². The van der Waals surface area contributed by atoms with E-state index in [1.54, 1.807) is 60.8 Å². The zero-order valence-corrected chi connectivity index (χ0v) is 30.9. The molecule has 0 amide bonds. The molecule has 50 heavy (non-hydrogen) atoms. The summed E-state index contributed by atoms with van der Waals surface area (Å²) in [5.41, 5.74) is 6.71. The van der Waals surface area contributed by atoms with Crippen LogP contribution in [0.5, 0.6) is 0 Å². The van der Waals surface area contributed by atoms with Gasteiger partial charge in [0.15, 0.2) is 0 Å². The van der Waals surface area contributed by atoms with Crippen LogP contribution in [0.3, 0.4) is 0 Å². The Hall–Kier alpha value is -2.34. The lowest BCUT2D eigenvalue weighted by atomic mass is 9.41. The van der Waals surface area contributed by atoms with Crippen LogP contribution in [0.15, 0.2) is 84.9 Å². The maximum atomic E-state index is 2.55. The van der Waals surface area contributed by atoms with Gasteiger partial charge in [-0.2, -0.15) is 0 Å². The second-order valence-corrected chi connectivity index (χ2v) is 19.2. The van der Waals surface area contributed by atoms with Crippen molar-refractivity contribution >= 4 is 0 Å². The lowest BCUT2D eigenvalue weighted by Crippen LogP contribution is -2.57. The molecular formula is C50H64. The summed E-state index contributed by atoms with van der Waals surface area (Å²) in [4.78, 5) is 0. The van der Waals surface area contributed by atoms with Gasteiger partial charge in [-0.25, -0.2) is 0 Å². The highest BCUT2D eigenvalue weighted by Crippen LogP contribution is 2.66. The highest BCUT2D eigenvalue weighted by atomic mass is 14.6. The Morgan fingerprint density at radius 3 is 1.34 bits per heavy atom. The van der Waals surface area contributed by atoms with E-state index in [-0.39, 0.29) is 0 Å². The van der Waals surface area contributed by atoms with Crippen LogP contribution in [-0.2, 0) is 12.8 Å². The molecule has 0 saturated heterocycles. The van der Waals surface area contributed by atoms with Gasteiger partial charge in [-0.15, -0.1) is 0 Å². The molecule has 0 spiro atoms. The van der Waals surface area contributed by atoms with Crippen molar-refractivity contribution in [3.63, 3.8) is 0 Å². The molecule has 0 bridgehead atoms. The summed E-state index contributed by atoms with van der Waals surface area (Å²) in [6.07, 6.45) is 27.0. The zero-order chi connectivity index (χ0) is 33.0. The van der Waals surface area contributed by atoms with Crippen LogP contribution in [0.25, 0.3) is 0 Å². The van der Waals surface area contributed by atoms with Crippen LogP contribution in [-0.4, -0.2) is 0 Å². The van der Waals surface area contributed by atoms with E-state index in [4.69, 9.17) is 0 Å². The molecule has 0 aliphatic heterocycles. The Morgan fingerprint density at radius 1 is 0.320 bits per heavy atom. The van der Waals surface area contributed by atoms with Crippen LogP contribution < -0.4 is 0 Å². The van der Waals surface area contributed by atoms with Gasteiger partial charge in [-0.3, -0.25) is 0 Å². The van der Waals surface area contributed by atoms with Crippen molar-refractivity contribution in [2.24, 2.45) is 71.0 Å². The minimum absolute atomic E-state index is 0.791. The fourth-order valence-corrected chi connectivity index (χ4v) is 15.5. The van der Waals surface area contributed by atoms with Crippen LogP contribution in [0, 0.1) is 71.0 Å². The third-order valence-electron chi connectivity index (χ3n) is 17.4. The van der Waals surface area contributed by atoms with Crippen molar-refractivity contribution in [2.45, 2.75) is 127 Å². The van der Waals surface area contributed by atoms with E-state index in [2.05, 4.69) is 84.9 Å². The molecule has 10 rings (SSSR count).